The van der Waals surface area contributed by atoms with Gasteiger partial charge in [0.2, 0.25) is 0 Å². The van der Waals surface area contributed by atoms with Gasteiger partial charge in [-0.25, -0.2) is 0 Å². The molecule has 4 rings (SSSR count). The normalized spacial score (nSPS) is 16.6. The van der Waals surface area contributed by atoms with Crippen molar-refractivity contribution < 1.29 is 0 Å². The van der Waals surface area contributed by atoms with Crippen LogP contribution in [0.5, 0.6) is 0 Å². The van der Waals surface area contributed by atoms with E-state index in [1.807, 2.05) is 83.1 Å². The number of benzene rings is 2. The maximum absolute atomic E-state index is 3.76. The SMILES string of the molecule is C/C=C\C1C(C)C1Nc1c(C)cc(C(C)(C)C)cc1C.CC.CC.CC.CC.CC.CC.Cc1cc(C(C)(C)C)cc(C)c1NC1=CCCC=C1. The molecule has 51 heavy (non-hydrogen) atoms. The highest BCUT2D eigenvalue weighted by atomic mass is 15.0. The lowest BCUT2D eigenvalue weighted by atomic mass is 9.84. The summed E-state index contributed by atoms with van der Waals surface area (Å²) in [4.78, 5) is 0. The van der Waals surface area contributed by atoms with Gasteiger partial charge in [-0.1, -0.05) is 180 Å². The fourth-order valence-corrected chi connectivity index (χ4v) is 5.47. The first kappa shape index (κ1) is 55.0. The highest BCUT2D eigenvalue weighted by Crippen LogP contribution is 2.43. The number of nitrogens with one attached hydrogen (secondary N) is 2. The molecule has 1 saturated carbocycles. The van der Waals surface area contributed by atoms with E-state index in [0.29, 0.717) is 12.0 Å². The van der Waals surface area contributed by atoms with Gasteiger partial charge in [0.25, 0.3) is 0 Å². The molecular weight excluding hydrogens is 617 g/mol. The first-order chi connectivity index (χ1) is 24.1. The topological polar surface area (TPSA) is 24.1 Å². The molecule has 1 fully saturated rings. The van der Waals surface area contributed by atoms with Gasteiger partial charge in [0, 0.05) is 29.0 Å². The molecule has 2 heteroatoms. The Bertz CT molecular complexity index is 1200. The van der Waals surface area contributed by atoms with Crippen LogP contribution in [0.15, 0.2) is 60.3 Å². The molecule has 2 nitrogen and oxygen atoms in total. The average molecular weight is 707 g/mol. The summed E-state index contributed by atoms with van der Waals surface area (Å²) in [6.07, 6.45) is 13.5. The quantitative estimate of drug-likeness (QED) is 0.303. The van der Waals surface area contributed by atoms with Gasteiger partial charge in [-0.05, 0) is 104 Å². The van der Waals surface area contributed by atoms with Crippen LogP contribution in [-0.4, -0.2) is 6.04 Å². The molecule has 0 bridgehead atoms. The van der Waals surface area contributed by atoms with E-state index in [-0.39, 0.29) is 10.8 Å². The van der Waals surface area contributed by atoms with E-state index >= 15 is 0 Å². The molecule has 0 amide bonds. The predicted octanol–water partition coefficient (Wildman–Crippen LogP) is 16.6. The second-order valence-corrected chi connectivity index (χ2v) is 13.9. The van der Waals surface area contributed by atoms with Crippen LogP contribution in [0.2, 0.25) is 0 Å². The summed E-state index contributed by atoms with van der Waals surface area (Å²) in [6.45, 7) is 50.9. The van der Waals surface area contributed by atoms with Crippen molar-refractivity contribution in [2.45, 2.75) is 196 Å². The summed E-state index contributed by atoms with van der Waals surface area (Å²) < 4.78 is 0. The van der Waals surface area contributed by atoms with E-state index in [1.165, 1.54) is 50.5 Å². The lowest BCUT2D eigenvalue weighted by molar-refractivity contribution is 0.589. The molecule has 2 aliphatic rings. The number of allylic oxidation sites excluding steroid dienone is 4. The predicted molar refractivity (Wildman–Crippen MR) is 242 cm³/mol. The zero-order valence-corrected chi connectivity index (χ0v) is 38.8. The van der Waals surface area contributed by atoms with Crippen LogP contribution in [0.25, 0.3) is 0 Å². The van der Waals surface area contributed by atoms with E-state index in [2.05, 4.69) is 148 Å². The van der Waals surface area contributed by atoms with Gasteiger partial charge < -0.3 is 10.6 Å². The smallest absolute Gasteiger partial charge is 0.0443 e. The molecule has 0 heterocycles. The summed E-state index contributed by atoms with van der Waals surface area (Å²) in [5.74, 6) is 1.44. The van der Waals surface area contributed by atoms with Crippen LogP contribution in [0.4, 0.5) is 11.4 Å². The molecule has 2 N–H and O–H groups in total. The Kier molecular flexibility index (Phi) is 32.1. The molecule has 0 spiro atoms. The van der Waals surface area contributed by atoms with Gasteiger partial charge >= 0.3 is 0 Å². The number of hydrogen-bond acceptors (Lipinski definition) is 2. The average Bonchev–Trinajstić information content (AvgIpc) is 3.75. The zero-order chi connectivity index (χ0) is 41.1. The Balaban J connectivity index is -0.000000335. The zero-order valence-electron chi connectivity index (χ0n) is 38.8. The van der Waals surface area contributed by atoms with Gasteiger partial charge in [0.15, 0.2) is 0 Å². The minimum atomic E-state index is 0.206. The van der Waals surface area contributed by atoms with Crippen molar-refractivity contribution in [3.63, 3.8) is 0 Å². The third kappa shape index (κ3) is 19.6. The largest absolute Gasteiger partial charge is 0.381 e. The van der Waals surface area contributed by atoms with Crippen molar-refractivity contribution in [1.29, 1.82) is 0 Å². The molecule has 0 aromatic heterocycles. The minimum absolute atomic E-state index is 0.206. The fourth-order valence-electron chi connectivity index (χ4n) is 5.47. The monoisotopic (exact) mass is 707 g/mol. The molecule has 2 aliphatic carbocycles. The summed E-state index contributed by atoms with van der Waals surface area (Å²) in [5.41, 5.74) is 12.4. The summed E-state index contributed by atoms with van der Waals surface area (Å²) in [5, 5.41) is 7.33. The van der Waals surface area contributed by atoms with Crippen LogP contribution in [0.3, 0.4) is 0 Å². The summed E-state index contributed by atoms with van der Waals surface area (Å²) >= 11 is 0. The number of hydrogen-bond donors (Lipinski definition) is 2. The van der Waals surface area contributed by atoms with Crippen LogP contribution in [0.1, 0.15) is 185 Å². The van der Waals surface area contributed by atoms with E-state index in [9.17, 15) is 0 Å². The second kappa shape index (κ2) is 29.8. The number of aryl methyl sites for hydroxylation is 4. The van der Waals surface area contributed by atoms with Crippen molar-refractivity contribution in [2.24, 2.45) is 11.8 Å². The fraction of sp³-hybridized carbons (Fsp3) is 0.633. The number of rotatable bonds is 5. The van der Waals surface area contributed by atoms with Crippen molar-refractivity contribution in [3.05, 3.63) is 93.7 Å². The lowest BCUT2D eigenvalue weighted by Crippen LogP contribution is -2.14. The summed E-state index contributed by atoms with van der Waals surface area (Å²) in [7, 11) is 0. The lowest BCUT2D eigenvalue weighted by Gasteiger charge is -2.23. The second-order valence-electron chi connectivity index (χ2n) is 13.9. The van der Waals surface area contributed by atoms with Crippen LogP contribution in [-0.2, 0) is 10.8 Å². The Labute approximate surface area is 322 Å². The van der Waals surface area contributed by atoms with Gasteiger partial charge in [-0.15, -0.1) is 0 Å². The van der Waals surface area contributed by atoms with Gasteiger partial charge in [-0.3, -0.25) is 0 Å². The van der Waals surface area contributed by atoms with Gasteiger partial charge in [0.05, 0.1) is 0 Å². The molecular formula is C49H90N2. The maximum Gasteiger partial charge on any atom is 0.0443 e. The highest BCUT2D eigenvalue weighted by Gasteiger charge is 2.44. The van der Waals surface area contributed by atoms with Crippen LogP contribution in [0, 0.1) is 39.5 Å². The molecule has 0 radical (unpaired) electrons. The van der Waals surface area contributed by atoms with Crippen molar-refractivity contribution >= 4 is 11.4 Å². The molecule has 0 saturated heterocycles. The van der Waals surface area contributed by atoms with Crippen LogP contribution >= 0.6 is 0 Å². The Hall–Kier alpha value is -2.74. The van der Waals surface area contributed by atoms with E-state index in [4.69, 9.17) is 0 Å². The third-order valence-electron chi connectivity index (χ3n) is 8.23. The third-order valence-corrected chi connectivity index (χ3v) is 8.23. The van der Waals surface area contributed by atoms with E-state index in [1.54, 1.807) is 0 Å². The minimum Gasteiger partial charge on any atom is -0.381 e. The summed E-state index contributed by atoms with van der Waals surface area (Å²) in [6, 6.07) is 9.90. The molecule has 3 unspecified atom stereocenters. The molecule has 2 aromatic carbocycles. The Morgan fingerprint density at radius 2 is 0.961 bits per heavy atom. The first-order valence-electron chi connectivity index (χ1n) is 20.9. The Morgan fingerprint density at radius 3 is 1.27 bits per heavy atom. The van der Waals surface area contributed by atoms with Crippen molar-refractivity contribution in [3.8, 4) is 0 Å². The molecule has 0 aliphatic heterocycles. The van der Waals surface area contributed by atoms with Crippen molar-refractivity contribution in [2.75, 3.05) is 10.6 Å². The number of anilines is 2. The van der Waals surface area contributed by atoms with Crippen molar-refractivity contribution in [1.82, 2.24) is 0 Å². The molecule has 2 aromatic rings. The molecule has 3 atom stereocenters. The van der Waals surface area contributed by atoms with E-state index < -0.39 is 0 Å². The Morgan fingerprint density at radius 1 is 0.588 bits per heavy atom. The van der Waals surface area contributed by atoms with Crippen LogP contribution < -0.4 is 10.6 Å². The standard InChI is InChI=1S/C19H29N.C18H25N.6C2H6/c1-8-9-16-14(4)18(16)20-17-12(2)10-15(11-13(17)3)19(5,6)7;1-13-11-15(18(3,4)5)12-14(2)17(13)19-16-9-7-6-8-10-16;6*1-2/h8-11,14,16,18,20H,1-7H3;7,9-12,19H,6,8H2,1-5H3;6*1-2H3/b9-8-;;;;;;;. The molecule has 296 valence electrons. The highest BCUT2D eigenvalue weighted by molar-refractivity contribution is 5.63. The maximum atomic E-state index is 3.76. The first-order valence-corrected chi connectivity index (χ1v) is 20.9. The van der Waals surface area contributed by atoms with E-state index in [0.717, 1.165) is 18.8 Å². The van der Waals surface area contributed by atoms with Gasteiger partial charge in [-0.2, -0.15) is 0 Å². The van der Waals surface area contributed by atoms with Gasteiger partial charge in [0.1, 0.15) is 0 Å².